The van der Waals surface area contributed by atoms with Crippen molar-refractivity contribution in [2.75, 3.05) is 18.6 Å². The first-order valence-corrected chi connectivity index (χ1v) is 16.8. The van der Waals surface area contributed by atoms with Gasteiger partial charge in [-0.05, 0) is 57.7 Å². The van der Waals surface area contributed by atoms with Crippen molar-refractivity contribution in [1.29, 1.82) is 10.8 Å². The quantitative estimate of drug-likeness (QED) is 0.206. The Kier molecular flexibility index (Phi) is 15.7. The minimum absolute atomic E-state index is 0. The van der Waals surface area contributed by atoms with Gasteiger partial charge in [-0.15, -0.1) is 0 Å². The summed E-state index contributed by atoms with van der Waals surface area (Å²) in [6.45, 7) is 6.19. The van der Waals surface area contributed by atoms with E-state index in [0.29, 0.717) is 24.9 Å². The fourth-order valence-electron chi connectivity index (χ4n) is 5.81. The van der Waals surface area contributed by atoms with E-state index in [1.54, 1.807) is 54.6 Å². The summed E-state index contributed by atoms with van der Waals surface area (Å²) in [6, 6.07) is 15.3. The number of alkyl carbamates (subject to hydrolysis) is 1. The molecule has 2 aromatic rings. The standard InChI is InChI=1S/C31H42N4O8S.N2.H2O/c1-30(2,3)35-17-11-16-31(35,28(38)34-40)19-26(36)24(18-22-12-7-5-8-13-22)32-27(37)25(21-44(4,41)42)33-29(39)43-20-23-14-9-6-10-15-23;1-2;/h5-10,12-15,24-26,36H,11,16-21H2,1-4H3,(H,32,37)(H,33,39);;1H2/p+1/t24-,25-,26+,31+;;/m0../s1. The van der Waals surface area contributed by atoms with E-state index in [9.17, 15) is 32.8 Å². The van der Waals surface area contributed by atoms with Crippen molar-refractivity contribution in [3.8, 4) is 0 Å². The lowest BCUT2D eigenvalue weighted by Gasteiger charge is -2.43. The van der Waals surface area contributed by atoms with E-state index in [0.717, 1.165) is 11.8 Å². The predicted molar refractivity (Wildman–Crippen MR) is 171 cm³/mol. The number of amides is 3. The smallest absolute Gasteiger partial charge is 0.445 e. The number of benzene rings is 2. The number of aliphatic hydroxyl groups is 1. The van der Waals surface area contributed by atoms with Crippen molar-refractivity contribution in [3.63, 3.8) is 0 Å². The summed E-state index contributed by atoms with van der Waals surface area (Å²) < 4.78 is 29.7. The Labute approximate surface area is 274 Å². The molecule has 1 aliphatic heterocycles. The number of nitrogens with one attached hydrogen (secondary N) is 3. The van der Waals surface area contributed by atoms with E-state index < -0.39 is 62.8 Å². The Morgan fingerprint density at radius 2 is 1.57 bits per heavy atom. The average molecular weight is 678 g/mol. The number of carbonyl (C=O) groups is 3. The third kappa shape index (κ3) is 12.1. The van der Waals surface area contributed by atoms with E-state index in [1.807, 2.05) is 31.7 Å². The van der Waals surface area contributed by atoms with E-state index in [-0.39, 0.29) is 24.9 Å². The zero-order valence-corrected chi connectivity index (χ0v) is 27.8. The van der Waals surface area contributed by atoms with Crippen LogP contribution in [0.25, 0.3) is 0 Å². The van der Waals surface area contributed by atoms with Gasteiger partial charge in [0.25, 0.3) is 0 Å². The molecule has 47 heavy (non-hydrogen) atoms. The van der Waals surface area contributed by atoms with Crippen LogP contribution in [-0.4, -0.2) is 89.6 Å². The molecule has 6 N–H and O–H groups in total. The number of nitrogens with zero attached hydrogens (tertiary/aromatic N) is 3. The summed E-state index contributed by atoms with van der Waals surface area (Å²) in [5, 5.41) is 30.2. The maximum absolute atomic E-state index is 13.6. The minimum atomic E-state index is -3.75. The van der Waals surface area contributed by atoms with E-state index in [1.165, 1.54) is 5.18 Å². The largest absolute Gasteiger partial charge is 0.450 e. The molecule has 0 unspecified atom stereocenters. The normalized spacial score (nSPS) is 18.2. The highest BCUT2D eigenvalue weighted by Crippen LogP contribution is 2.39. The van der Waals surface area contributed by atoms with Gasteiger partial charge in [0.15, 0.2) is 5.54 Å². The molecule has 15 nitrogen and oxygen atoms in total. The second-order valence-corrected chi connectivity index (χ2v) is 14.5. The molecular weight excluding hydrogens is 632 g/mol. The molecule has 1 aliphatic rings. The van der Waals surface area contributed by atoms with Crippen LogP contribution in [0.15, 0.2) is 60.7 Å². The highest BCUT2D eigenvalue weighted by atomic mass is 32.2. The van der Waals surface area contributed by atoms with Crippen LogP contribution in [0.4, 0.5) is 4.79 Å². The molecule has 0 bridgehead atoms. The number of hydrogen-bond donors (Lipinski definition) is 4. The summed E-state index contributed by atoms with van der Waals surface area (Å²) >= 11 is 0. The molecule has 258 valence electrons. The lowest BCUT2D eigenvalue weighted by molar-refractivity contribution is -0.409. The zero-order chi connectivity index (χ0) is 34.5. The first kappa shape index (κ1) is 40.7. The van der Waals surface area contributed by atoms with Crippen LogP contribution in [0, 0.1) is 15.7 Å². The lowest BCUT2D eigenvalue weighted by Crippen LogP contribution is -2.81. The minimum Gasteiger partial charge on any atom is -0.445 e. The van der Waals surface area contributed by atoms with Crippen LogP contribution in [0.1, 0.15) is 51.2 Å². The molecule has 1 heterocycles. The second kappa shape index (κ2) is 18.1. The number of nitroso groups, excluding NO2 is 1. The molecule has 0 radical (unpaired) electrons. The molecule has 3 rings (SSSR count). The Morgan fingerprint density at radius 1 is 1.02 bits per heavy atom. The number of rotatable bonds is 13. The number of sulfone groups is 1. The molecule has 1 fully saturated rings. The van der Waals surface area contributed by atoms with Crippen LogP contribution in [0.2, 0.25) is 0 Å². The van der Waals surface area contributed by atoms with E-state index in [4.69, 9.17) is 15.5 Å². The highest BCUT2D eigenvalue weighted by Gasteiger charge is 2.56. The molecule has 0 saturated carbocycles. The van der Waals surface area contributed by atoms with Crippen LogP contribution in [-0.2, 0) is 37.2 Å². The van der Waals surface area contributed by atoms with E-state index >= 15 is 0 Å². The average Bonchev–Trinajstić information content (AvgIpc) is 3.45. The number of likely N-dealkylation sites (tertiary alicyclic amines) is 1. The maximum atomic E-state index is 13.6. The lowest BCUT2D eigenvalue weighted by atomic mass is 9.82. The number of carbonyl (C=O) groups excluding carboxylic acids is 3. The summed E-state index contributed by atoms with van der Waals surface area (Å²) in [4.78, 5) is 52.9. The Bertz CT molecular complexity index is 1450. The van der Waals surface area contributed by atoms with Gasteiger partial charge in [-0.25, -0.2) is 18.0 Å². The van der Waals surface area contributed by atoms with Crippen LogP contribution < -0.4 is 15.8 Å². The zero-order valence-electron chi connectivity index (χ0n) is 27.0. The topological polar surface area (TPSA) is 252 Å². The van der Waals surface area contributed by atoms with Gasteiger partial charge < -0.3 is 26.0 Å². The summed E-state index contributed by atoms with van der Waals surface area (Å²) in [5.74, 6) is -2.34. The number of aliphatic hydroxyl groups excluding tert-OH is 1. The first-order chi connectivity index (χ1) is 21.6. The van der Waals surface area contributed by atoms with Crippen LogP contribution in [0.3, 0.4) is 0 Å². The van der Waals surface area contributed by atoms with Crippen molar-refractivity contribution in [2.24, 2.45) is 0 Å². The molecule has 4 atom stereocenters. The van der Waals surface area contributed by atoms with Crippen LogP contribution in [0.5, 0.6) is 0 Å². The van der Waals surface area contributed by atoms with Gasteiger partial charge >= 0.3 is 12.0 Å². The van der Waals surface area contributed by atoms with Crippen LogP contribution >= 0.6 is 0 Å². The van der Waals surface area contributed by atoms with Gasteiger partial charge in [-0.2, -0.15) is 0 Å². The van der Waals surface area contributed by atoms with Gasteiger partial charge in [0.2, 0.25) is 5.91 Å². The fraction of sp³-hybridized carbons (Fsp3) is 0.516. The van der Waals surface area contributed by atoms with Gasteiger partial charge in [0, 0.05) is 33.9 Å². The van der Waals surface area contributed by atoms with E-state index in [2.05, 4.69) is 10.6 Å². The Morgan fingerprint density at radius 3 is 2.09 bits per heavy atom. The molecule has 3 amide bonds. The molecule has 0 aromatic heterocycles. The van der Waals surface area contributed by atoms with Crippen molar-refractivity contribution < 1.29 is 43.3 Å². The number of hydrogen-bond acceptors (Lipinski definition) is 11. The third-order valence-corrected chi connectivity index (χ3v) is 8.68. The molecule has 0 spiro atoms. The van der Waals surface area contributed by atoms with Crippen molar-refractivity contribution in [2.45, 2.75) is 82.3 Å². The van der Waals surface area contributed by atoms with Crippen molar-refractivity contribution in [1.82, 2.24) is 15.5 Å². The second-order valence-electron chi connectivity index (χ2n) is 12.3. The van der Waals surface area contributed by atoms with Gasteiger partial charge in [0.1, 0.15) is 22.5 Å². The molecule has 16 heteroatoms. The molecule has 1 saturated heterocycles. The molecule has 2 aromatic carbocycles. The third-order valence-electron chi connectivity index (χ3n) is 7.74. The fourth-order valence-corrected chi connectivity index (χ4v) is 6.65. The number of ether oxygens (including phenoxy) is 1. The van der Waals surface area contributed by atoms with Crippen molar-refractivity contribution in [3.05, 3.63) is 76.7 Å². The van der Waals surface area contributed by atoms with Crippen molar-refractivity contribution >= 4 is 27.7 Å². The summed E-state index contributed by atoms with van der Waals surface area (Å²) in [7, 11) is -3.75. The SMILES string of the molecule is CC(C)(C)N1CCC[C@@]1(C[C@@H](O)[C@H](Cc1ccccc1)NC(=O)[C@H](CS(C)(=O)=O)NC(=O)OCc1ccccc1)C(=O)[NH+]=O.N#N.O. The summed E-state index contributed by atoms with van der Waals surface area (Å²) in [6.07, 6.45) is -0.473. The monoisotopic (exact) mass is 677 g/mol. The predicted octanol–water partition coefficient (Wildman–Crippen LogP) is 0.0167. The summed E-state index contributed by atoms with van der Waals surface area (Å²) in [5.41, 5.74) is -0.380. The molecule has 0 aliphatic carbocycles. The first-order valence-electron chi connectivity index (χ1n) is 14.7. The maximum Gasteiger partial charge on any atom is 0.450 e. The van der Waals surface area contributed by atoms with Gasteiger partial charge in [-0.3, -0.25) is 9.69 Å². The molecular formula is C31H45N6O9S+. The Balaban J connectivity index is 0.00000361. The highest BCUT2D eigenvalue weighted by molar-refractivity contribution is 7.90. The van der Waals surface area contributed by atoms with Gasteiger partial charge in [-0.1, -0.05) is 60.7 Å². The van der Waals surface area contributed by atoms with Gasteiger partial charge in [0.05, 0.1) is 23.1 Å². The Hall–Kier alpha value is -4.30.